The average molecular weight is 501 g/mol. The number of hydrogen-bond acceptors (Lipinski definition) is 3. The van der Waals surface area contributed by atoms with Crippen LogP contribution in [0.2, 0.25) is 0 Å². The monoisotopic (exact) mass is 500 g/mol. The van der Waals surface area contributed by atoms with E-state index in [4.69, 9.17) is 13.8 Å². The van der Waals surface area contributed by atoms with Crippen molar-refractivity contribution >= 4 is 65.6 Å². The molecule has 0 atom stereocenters. The molecule has 0 bridgehead atoms. The summed E-state index contributed by atoms with van der Waals surface area (Å²) in [6.07, 6.45) is 0. The molecular weight excluding hydrogens is 480 g/mol. The predicted molar refractivity (Wildman–Crippen MR) is 159 cm³/mol. The molecule has 4 nitrogen and oxygen atoms in total. The van der Waals surface area contributed by atoms with Crippen LogP contribution in [0, 0.1) is 0 Å². The molecule has 0 aliphatic carbocycles. The first-order valence-corrected chi connectivity index (χ1v) is 13.1. The lowest BCUT2D eigenvalue weighted by Crippen LogP contribution is -1.94. The molecule has 0 aliphatic rings. The number of hydrogen-bond donors (Lipinski definition) is 0. The number of rotatable bonds is 2. The van der Waals surface area contributed by atoms with Crippen LogP contribution in [-0.2, 0) is 0 Å². The Kier molecular flexibility index (Phi) is 4.02. The second kappa shape index (κ2) is 7.59. The van der Waals surface area contributed by atoms with E-state index in [1.807, 2.05) is 30.3 Å². The third kappa shape index (κ3) is 2.85. The summed E-state index contributed by atoms with van der Waals surface area (Å²) in [5.74, 6) is 0. The molecule has 3 aromatic heterocycles. The molecule has 0 N–H and O–H groups in total. The molecule has 9 rings (SSSR count). The summed E-state index contributed by atoms with van der Waals surface area (Å²) in [4.78, 5) is 5.03. The van der Waals surface area contributed by atoms with Crippen molar-refractivity contribution in [2.75, 3.05) is 0 Å². The molecule has 0 aliphatic heterocycles. The minimum atomic E-state index is 0.545. The summed E-state index contributed by atoms with van der Waals surface area (Å²) < 4.78 is 14.9. The molecule has 0 unspecified atom stereocenters. The van der Waals surface area contributed by atoms with Crippen LogP contribution in [0.3, 0.4) is 0 Å². The van der Waals surface area contributed by atoms with Crippen molar-refractivity contribution in [2.45, 2.75) is 0 Å². The van der Waals surface area contributed by atoms with Crippen LogP contribution in [0.5, 0.6) is 0 Å². The van der Waals surface area contributed by atoms with Gasteiger partial charge in [-0.05, 0) is 58.3 Å². The molecule has 0 amide bonds. The third-order valence-corrected chi connectivity index (χ3v) is 7.82. The topological polar surface area (TPSA) is 44.1 Å². The quantitative estimate of drug-likeness (QED) is 0.237. The Balaban J connectivity index is 1.43. The minimum absolute atomic E-state index is 0.545. The Morgan fingerprint density at radius 1 is 0.538 bits per heavy atom. The van der Waals surface area contributed by atoms with Gasteiger partial charge in [0, 0.05) is 16.2 Å². The van der Waals surface area contributed by atoms with Crippen LogP contribution in [-0.4, -0.2) is 9.55 Å². The van der Waals surface area contributed by atoms with Gasteiger partial charge in [0.05, 0.1) is 16.4 Å². The summed E-state index contributed by atoms with van der Waals surface area (Å²) in [5.41, 5.74) is 7.67. The van der Waals surface area contributed by atoms with Crippen molar-refractivity contribution in [3.05, 3.63) is 121 Å². The lowest BCUT2D eigenvalue weighted by Gasteiger charge is -2.05. The summed E-state index contributed by atoms with van der Waals surface area (Å²) >= 11 is 0. The van der Waals surface area contributed by atoms with Crippen molar-refractivity contribution in [3.63, 3.8) is 0 Å². The lowest BCUT2D eigenvalue weighted by molar-refractivity contribution is 0.577. The summed E-state index contributed by atoms with van der Waals surface area (Å²) in [5, 5.41) is 6.72. The van der Waals surface area contributed by atoms with Gasteiger partial charge in [-0.15, -0.1) is 0 Å². The zero-order valence-corrected chi connectivity index (χ0v) is 20.8. The Morgan fingerprint density at radius 2 is 1.33 bits per heavy atom. The molecule has 39 heavy (non-hydrogen) atoms. The highest BCUT2D eigenvalue weighted by Gasteiger charge is 2.22. The molecule has 0 saturated carbocycles. The van der Waals surface area contributed by atoms with E-state index >= 15 is 0 Å². The van der Waals surface area contributed by atoms with Crippen LogP contribution in [0.1, 0.15) is 0 Å². The first-order chi connectivity index (χ1) is 19.3. The molecular formula is C35H20N2O2. The van der Waals surface area contributed by atoms with E-state index in [0.29, 0.717) is 6.01 Å². The fourth-order valence-corrected chi connectivity index (χ4v) is 6.10. The summed E-state index contributed by atoms with van der Waals surface area (Å²) in [7, 11) is 0. The van der Waals surface area contributed by atoms with E-state index in [0.717, 1.165) is 44.1 Å². The van der Waals surface area contributed by atoms with Gasteiger partial charge >= 0.3 is 6.01 Å². The maximum atomic E-state index is 6.66. The van der Waals surface area contributed by atoms with Crippen molar-refractivity contribution in [2.24, 2.45) is 0 Å². The number of aromatic nitrogens is 2. The first-order valence-electron chi connectivity index (χ1n) is 13.1. The number of para-hydroxylation sites is 1. The van der Waals surface area contributed by atoms with Crippen molar-refractivity contribution in [1.82, 2.24) is 9.55 Å². The molecule has 4 heteroatoms. The van der Waals surface area contributed by atoms with Gasteiger partial charge in [-0.2, -0.15) is 4.98 Å². The number of benzene rings is 6. The fourth-order valence-electron chi connectivity index (χ4n) is 6.10. The van der Waals surface area contributed by atoms with Crippen molar-refractivity contribution < 1.29 is 8.83 Å². The van der Waals surface area contributed by atoms with Gasteiger partial charge in [-0.1, -0.05) is 84.9 Å². The molecule has 0 saturated heterocycles. The Morgan fingerprint density at radius 3 is 2.23 bits per heavy atom. The molecule has 0 spiro atoms. The highest BCUT2D eigenvalue weighted by molar-refractivity contribution is 6.19. The Bertz CT molecular complexity index is 2390. The minimum Gasteiger partial charge on any atom is -0.456 e. The molecule has 0 fully saturated rings. The standard InChI is InChI=1S/C35H20N2O2/c1-2-9-21(10-3-1)24-14-8-15-28-32(24)26-19-22-11-4-5-12-23(22)20-29(26)37(28)35-36-27-17-18-31-33(34(27)39-35)25-13-6-7-16-30(25)38-31/h1-20H. The molecule has 6 aromatic carbocycles. The number of fused-ring (bicyclic) bond motifs is 9. The van der Waals surface area contributed by atoms with Gasteiger partial charge in [-0.3, -0.25) is 4.57 Å². The SMILES string of the molecule is c1ccc(-c2cccc3c2c2cc4ccccc4cc2n3-c2nc3ccc4oc5ccccc5c4c3o2)cc1. The Hall–Kier alpha value is -5.35. The largest absolute Gasteiger partial charge is 0.456 e. The van der Waals surface area contributed by atoms with E-state index in [1.54, 1.807) is 0 Å². The van der Waals surface area contributed by atoms with Crippen molar-refractivity contribution in [1.29, 1.82) is 0 Å². The highest BCUT2D eigenvalue weighted by atomic mass is 16.4. The van der Waals surface area contributed by atoms with Gasteiger partial charge in [0.2, 0.25) is 0 Å². The van der Waals surface area contributed by atoms with E-state index in [9.17, 15) is 0 Å². The normalized spacial score (nSPS) is 12.1. The van der Waals surface area contributed by atoms with E-state index in [-0.39, 0.29) is 0 Å². The van der Waals surface area contributed by atoms with Gasteiger partial charge < -0.3 is 8.83 Å². The van der Waals surface area contributed by atoms with Gasteiger partial charge in [0.25, 0.3) is 0 Å². The molecule has 0 radical (unpaired) electrons. The maximum absolute atomic E-state index is 6.66. The fraction of sp³-hybridized carbons (Fsp3) is 0. The van der Waals surface area contributed by atoms with Gasteiger partial charge in [-0.25, -0.2) is 0 Å². The highest BCUT2D eigenvalue weighted by Crippen LogP contribution is 2.41. The predicted octanol–water partition coefficient (Wildman–Crippen LogP) is 9.64. The van der Waals surface area contributed by atoms with Crippen LogP contribution >= 0.6 is 0 Å². The average Bonchev–Trinajstić information content (AvgIpc) is 3.67. The smallest absolute Gasteiger partial charge is 0.307 e. The maximum Gasteiger partial charge on any atom is 0.307 e. The van der Waals surface area contributed by atoms with Crippen LogP contribution in [0.4, 0.5) is 0 Å². The van der Waals surface area contributed by atoms with Crippen molar-refractivity contribution in [3.8, 4) is 17.1 Å². The molecule has 3 heterocycles. The lowest BCUT2D eigenvalue weighted by atomic mass is 9.98. The third-order valence-electron chi connectivity index (χ3n) is 7.82. The summed E-state index contributed by atoms with van der Waals surface area (Å²) in [6.45, 7) is 0. The first kappa shape index (κ1) is 20.7. The second-order valence-corrected chi connectivity index (χ2v) is 10.00. The summed E-state index contributed by atoms with van der Waals surface area (Å²) in [6, 6.07) is 42.6. The number of nitrogens with zero attached hydrogens (tertiary/aromatic N) is 2. The number of oxazole rings is 1. The zero-order chi connectivity index (χ0) is 25.5. The van der Waals surface area contributed by atoms with Crippen LogP contribution in [0.15, 0.2) is 130 Å². The molecule has 9 aromatic rings. The van der Waals surface area contributed by atoms with E-state index < -0.39 is 0 Å². The van der Waals surface area contributed by atoms with Crippen LogP contribution < -0.4 is 0 Å². The van der Waals surface area contributed by atoms with Crippen LogP contribution in [0.25, 0.3) is 82.8 Å². The molecule has 182 valence electrons. The van der Waals surface area contributed by atoms with Gasteiger partial charge in [0.15, 0.2) is 5.58 Å². The zero-order valence-electron chi connectivity index (χ0n) is 20.8. The second-order valence-electron chi connectivity index (χ2n) is 10.00. The Labute approximate surface area is 222 Å². The van der Waals surface area contributed by atoms with E-state index in [2.05, 4.69) is 95.6 Å². The van der Waals surface area contributed by atoms with E-state index in [1.165, 1.54) is 32.7 Å². The number of furan rings is 1. The van der Waals surface area contributed by atoms with Gasteiger partial charge in [0.1, 0.15) is 16.7 Å².